The summed E-state index contributed by atoms with van der Waals surface area (Å²) in [5.41, 5.74) is -0.544. The van der Waals surface area contributed by atoms with Gasteiger partial charge in [-0.15, -0.1) is 0 Å². The van der Waals surface area contributed by atoms with Gasteiger partial charge >= 0.3 is 6.03 Å². The van der Waals surface area contributed by atoms with Gasteiger partial charge in [0.15, 0.2) is 12.0 Å². The second kappa shape index (κ2) is 5.19. The van der Waals surface area contributed by atoms with Crippen LogP contribution in [0.2, 0.25) is 0 Å². The molecular weight excluding hydrogens is 340 g/mol. The van der Waals surface area contributed by atoms with Gasteiger partial charge in [-0.2, -0.15) is 0 Å². The molecule has 0 spiro atoms. The highest BCUT2D eigenvalue weighted by molar-refractivity contribution is 6.00. The summed E-state index contributed by atoms with van der Waals surface area (Å²) >= 11 is 0. The molecule has 4 fully saturated rings. The predicted octanol–water partition coefficient (Wildman–Crippen LogP) is 0.826. The Balaban J connectivity index is 1.70. The molecule has 0 unspecified atom stereocenters. The van der Waals surface area contributed by atoms with Crippen molar-refractivity contribution in [3.63, 3.8) is 0 Å². The Hall–Kier alpha value is -1.22. The molecule has 0 aromatic heterocycles. The Morgan fingerprint density at radius 1 is 1.04 bits per heavy atom. The number of rotatable bonds is 2. The first-order valence-electron chi connectivity index (χ1n) is 9.17. The zero-order valence-electron chi connectivity index (χ0n) is 16.1. The number of ether oxygens (including phenoxy) is 3. The number of fused-ring (bicyclic) bond motifs is 2. The molecule has 8 nitrogen and oxygen atoms in total. The van der Waals surface area contributed by atoms with Crippen molar-refractivity contribution in [3.05, 3.63) is 0 Å². The van der Waals surface area contributed by atoms with E-state index in [1.54, 1.807) is 18.7 Å². The van der Waals surface area contributed by atoms with Crippen LogP contribution in [-0.4, -0.2) is 64.9 Å². The molecule has 1 aliphatic carbocycles. The lowest BCUT2D eigenvalue weighted by Crippen LogP contribution is -2.80. The zero-order valence-corrected chi connectivity index (χ0v) is 16.1. The van der Waals surface area contributed by atoms with E-state index in [0.717, 1.165) is 0 Å². The SMILES string of the molecule is CC1(C)O[C@@H]2[C@H](O1)[C@@H](CO)O[C@H]2N1C(=O)NC(=O)[C@H]2[C@@H]1C(C)(C)C2(C)C. The highest BCUT2D eigenvalue weighted by Crippen LogP contribution is 2.63. The first kappa shape index (κ1) is 18.2. The van der Waals surface area contributed by atoms with Gasteiger partial charge in [0.1, 0.15) is 18.3 Å². The smallest absolute Gasteiger partial charge is 0.326 e. The molecular formula is C18H28N2O6. The maximum absolute atomic E-state index is 12.8. The van der Waals surface area contributed by atoms with E-state index in [1.165, 1.54) is 0 Å². The molecule has 4 rings (SSSR count). The Kier molecular flexibility index (Phi) is 3.62. The minimum Gasteiger partial charge on any atom is -0.394 e. The van der Waals surface area contributed by atoms with Gasteiger partial charge in [0.2, 0.25) is 5.91 Å². The van der Waals surface area contributed by atoms with Crippen LogP contribution in [0.15, 0.2) is 0 Å². The van der Waals surface area contributed by atoms with Crippen LogP contribution in [0.1, 0.15) is 41.5 Å². The van der Waals surface area contributed by atoms with Crippen molar-refractivity contribution >= 4 is 11.9 Å². The van der Waals surface area contributed by atoms with Crippen molar-refractivity contribution < 1.29 is 28.9 Å². The van der Waals surface area contributed by atoms with Gasteiger partial charge in [0.05, 0.1) is 18.6 Å². The predicted molar refractivity (Wildman–Crippen MR) is 89.8 cm³/mol. The highest BCUT2D eigenvalue weighted by Gasteiger charge is 2.72. The van der Waals surface area contributed by atoms with E-state index in [0.29, 0.717) is 0 Å². The molecule has 0 aromatic carbocycles. The van der Waals surface area contributed by atoms with Crippen LogP contribution in [0.5, 0.6) is 0 Å². The third kappa shape index (κ3) is 2.10. The van der Waals surface area contributed by atoms with E-state index < -0.39 is 36.4 Å². The van der Waals surface area contributed by atoms with Crippen LogP contribution in [-0.2, 0) is 19.0 Å². The van der Waals surface area contributed by atoms with Crippen LogP contribution < -0.4 is 5.32 Å². The number of amides is 3. The molecule has 26 heavy (non-hydrogen) atoms. The number of nitrogens with zero attached hydrogens (tertiary/aromatic N) is 1. The molecule has 3 aliphatic heterocycles. The molecule has 4 aliphatic rings. The summed E-state index contributed by atoms with van der Waals surface area (Å²) in [5.74, 6) is -1.38. The van der Waals surface area contributed by atoms with Gasteiger partial charge in [-0.1, -0.05) is 27.7 Å². The summed E-state index contributed by atoms with van der Waals surface area (Å²) in [4.78, 5) is 26.9. The number of carbonyl (C=O) groups is 2. The second-order valence-corrected chi connectivity index (χ2v) is 9.38. The number of aliphatic hydroxyl groups excluding tert-OH is 1. The van der Waals surface area contributed by atoms with Crippen molar-refractivity contribution in [2.45, 2.75) is 77.9 Å². The molecule has 3 heterocycles. The lowest BCUT2D eigenvalue weighted by atomic mass is 9.42. The zero-order chi connectivity index (χ0) is 19.2. The third-order valence-corrected chi connectivity index (χ3v) is 7.12. The number of aliphatic hydroxyl groups is 1. The van der Waals surface area contributed by atoms with Crippen LogP contribution in [0.3, 0.4) is 0 Å². The fourth-order valence-corrected chi connectivity index (χ4v) is 5.15. The van der Waals surface area contributed by atoms with Gasteiger partial charge in [-0.25, -0.2) is 4.79 Å². The summed E-state index contributed by atoms with van der Waals surface area (Å²) in [6.07, 6.45) is -2.26. The standard InChI is InChI=1S/C18H28N2O6/c1-16(2)9-12(17(16,3)4)20(15(23)19-13(9)22)14-11-10(8(7-21)24-14)25-18(5,6)26-11/h8-12,14,21H,7H2,1-6H3,(H,19,22,23)/t8-,9-,10-,11-,12-,14-/m1/s1. The maximum Gasteiger partial charge on any atom is 0.326 e. The number of urea groups is 1. The summed E-state index contributed by atoms with van der Waals surface area (Å²) in [7, 11) is 0. The Labute approximate surface area is 153 Å². The average molecular weight is 368 g/mol. The van der Waals surface area contributed by atoms with Gasteiger partial charge in [-0.3, -0.25) is 15.0 Å². The Morgan fingerprint density at radius 2 is 1.65 bits per heavy atom. The summed E-state index contributed by atoms with van der Waals surface area (Å²) in [5, 5.41) is 12.2. The number of imide groups is 1. The lowest BCUT2D eigenvalue weighted by Gasteiger charge is -2.68. The van der Waals surface area contributed by atoms with E-state index in [4.69, 9.17) is 14.2 Å². The third-order valence-electron chi connectivity index (χ3n) is 7.12. The first-order chi connectivity index (χ1) is 11.9. The van der Waals surface area contributed by atoms with Crippen molar-refractivity contribution in [1.29, 1.82) is 0 Å². The van der Waals surface area contributed by atoms with Crippen molar-refractivity contribution in [2.24, 2.45) is 16.7 Å². The fraction of sp³-hybridized carbons (Fsp3) is 0.889. The molecule has 0 radical (unpaired) electrons. The quantitative estimate of drug-likeness (QED) is 0.749. The Morgan fingerprint density at radius 3 is 2.27 bits per heavy atom. The van der Waals surface area contributed by atoms with E-state index in [2.05, 4.69) is 33.0 Å². The van der Waals surface area contributed by atoms with Crippen molar-refractivity contribution in [3.8, 4) is 0 Å². The largest absolute Gasteiger partial charge is 0.394 e. The van der Waals surface area contributed by atoms with Crippen molar-refractivity contribution in [1.82, 2.24) is 10.2 Å². The van der Waals surface area contributed by atoms with Crippen molar-refractivity contribution in [2.75, 3.05) is 6.61 Å². The normalized spacial score (nSPS) is 45.0. The van der Waals surface area contributed by atoms with Crippen LogP contribution in [0, 0.1) is 16.7 Å². The lowest BCUT2D eigenvalue weighted by molar-refractivity contribution is -0.242. The molecule has 0 aromatic rings. The molecule has 8 heteroatoms. The molecule has 3 amide bonds. The van der Waals surface area contributed by atoms with Gasteiger partial charge in [0.25, 0.3) is 0 Å². The monoisotopic (exact) mass is 368 g/mol. The maximum atomic E-state index is 12.8. The molecule has 0 bridgehead atoms. The molecule has 1 saturated carbocycles. The van der Waals surface area contributed by atoms with E-state index in [-0.39, 0.29) is 35.3 Å². The topological polar surface area (TPSA) is 97.3 Å². The van der Waals surface area contributed by atoms with Crippen LogP contribution in [0.25, 0.3) is 0 Å². The summed E-state index contributed by atoms with van der Waals surface area (Å²) in [6.45, 7) is 11.6. The van der Waals surface area contributed by atoms with Crippen LogP contribution >= 0.6 is 0 Å². The Bertz CT molecular complexity index is 660. The minimum absolute atomic E-state index is 0.228. The van der Waals surface area contributed by atoms with E-state index >= 15 is 0 Å². The summed E-state index contributed by atoms with van der Waals surface area (Å²) < 4.78 is 17.9. The first-order valence-corrected chi connectivity index (χ1v) is 9.17. The molecule has 2 N–H and O–H groups in total. The second-order valence-electron chi connectivity index (χ2n) is 9.38. The van der Waals surface area contributed by atoms with E-state index in [1.807, 2.05) is 0 Å². The van der Waals surface area contributed by atoms with Crippen LogP contribution in [0.4, 0.5) is 4.79 Å². The summed E-state index contributed by atoms with van der Waals surface area (Å²) in [6, 6.07) is -0.773. The van der Waals surface area contributed by atoms with Gasteiger partial charge < -0.3 is 19.3 Å². The average Bonchev–Trinajstić information content (AvgIpc) is 2.99. The molecule has 3 saturated heterocycles. The van der Waals surface area contributed by atoms with E-state index in [9.17, 15) is 14.7 Å². The number of nitrogens with one attached hydrogen (secondary N) is 1. The number of carbonyl (C=O) groups excluding carboxylic acids is 2. The molecule has 6 atom stereocenters. The number of hydrogen-bond acceptors (Lipinski definition) is 6. The highest BCUT2D eigenvalue weighted by atomic mass is 16.8. The van der Waals surface area contributed by atoms with Gasteiger partial charge in [-0.05, 0) is 24.7 Å². The number of hydrogen-bond donors (Lipinski definition) is 2. The fourth-order valence-electron chi connectivity index (χ4n) is 5.15. The molecule has 146 valence electrons. The minimum atomic E-state index is -0.819. The van der Waals surface area contributed by atoms with Gasteiger partial charge in [0, 0.05) is 0 Å².